The average molecular weight is 438 g/mol. The average Bonchev–Trinajstić information content (AvgIpc) is 3.41. The molecule has 1 aromatic carbocycles. The first kappa shape index (κ1) is 21.1. The van der Waals surface area contributed by atoms with E-state index >= 15 is 0 Å². The molecule has 2 amide bonds. The van der Waals surface area contributed by atoms with Gasteiger partial charge in [-0.15, -0.1) is 11.3 Å². The lowest BCUT2D eigenvalue weighted by atomic mass is 10.1. The number of aryl methyl sites for hydroxylation is 1. The Bertz CT molecular complexity index is 1060. The summed E-state index contributed by atoms with van der Waals surface area (Å²) in [6.07, 6.45) is 5.72. The highest BCUT2D eigenvalue weighted by Gasteiger charge is 2.17. The van der Waals surface area contributed by atoms with Crippen molar-refractivity contribution in [2.75, 3.05) is 30.4 Å². The number of amides is 2. The maximum Gasteiger partial charge on any atom is 0.272 e. The Kier molecular flexibility index (Phi) is 6.36. The zero-order chi connectivity index (χ0) is 21.8. The van der Waals surface area contributed by atoms with E-state index in [0.29, 0.717) is 23.5 Å². The van der Waals surface area contributed by atoms with Gasteiger partial charge in [0.25, 0.3) is 11.8 Å². The molecule has 8 heteroatoms. The molecular weight excluding hydrogens is 410 g/mol. The van der Waals surface area contributed by atoms with Crippen LogP contribution in [-0.4, -0.2) is 41.5 Å². The number of nitrogens with one attached hydrogen (secondary N) is 2. The van der Waals surface area contributed by atoms with Crippen LogP contribution in [0.15, 0.2) is 41.9 Å². The molecule has 4 rings (SSSR count). The van der Waals surface area contributed by atoms with E-state index in [1.165, 1.54) is 19.3 Å². The van der Waals surface area contributed by atoms with Gasteiger partial charge in [-0.2, -0.15) is 0 Å². The van der Waals surface area contributed by atoms with E-state index in [-0.39, 0.29) is 11.8 Å². The molecule has 0 unspecified atom stereocenters. The lowest BCUT2D eigenvalue weighted by molar-refractivity contribution is 0.0962. The molecule has 2 N–H and O–H groups in total. The predicted molar refractivity (Wildman–Crippen MR) is 124 cm³/mol. The monoisotopic (exact) mass is 437 g/mol. The maximum atomic E-state index is 12.9. The third-order valence-electron chi connectivity index (χ3n) is 5.40. The fourth-order valence-electron chi connectivity index (χ4n) is 3.80. The largest absolute Gasteiger partial charge is 0.355 e. The van der Waals surface area contributed by atoms with Gasteiger partial charge in [0, 0.05) is 43.0 Å². The first-order chi connectivity index (χ1) is 15.0. The Labute approximate surface area is 186 Å². The van der Waals surface area contributed by atoms with Crippen molar-refractivity contribution in [3.63, 3.8) is 0 Å². The quantitative estimate of drug-likeness (QED) is 0.613. The Balaban J connectivity index is 1.46. The number of benzene rings is 1. The zero-order valence-corrected chi connectivity index (χ0v) is 18.7. The van der Waals surface area contributed by atoms with Gasteiger partial charge in [0.2, 0.25) is 0 Å². The molecule has 3 aromatic rings. The van der Waals surface area contributed by atoms with Crippen LogP contribution in [-0.2, 0) is 6.54 Å². The molecular formula is C23H27N5O2S. The minimum atomic E-state index is -0.188. The maximum absolute atomic E-state index is 12.9. The van der Waals surface area contributed by atoms with Crippen molar-refractivity contribution in [3.8, 4) is 0 Å². The molecule has 1 saturated heterocycles. The molecule has 1 aliphatic heterocycles. The molecule has 0 aliphatic carbocycles. The summed E-state index contributed by atoms with van der Waals surface area (Å²) in [4.78, 5) is 31.8. The molecule has 0 spiro atoms. The van der Waals surface area contributed by atoms with Crippen LogP contribution in [0.4, 0.5) is 10.8 Å². The van der Waals surface area contributed by atoms with Crippen LogP contribution < -0.4 is 15.5 Å². The van der Waals surface area contributed by atoms with Gasteiger partial charge in [-0.1, -0.05) is 0 Å². The number of rotatable bonds is 6. The van der Waals surface area contributed by atoms with Gasteiger partial charge < -0.3 is 20.1 Å². The van der Waals surface area contributed by atoms with Crippen LogP contribution >= 0.6 is 11.3 Å². The van der Waals surface area contributed by atoms with Crippen molar-refractivity contribution < 1.29 is 9.59 Å². The number of aromatic nitrogens is 2. The van der Waals surface area contributed by atoms with Gasteiger partial charge in [0.15, 0.2) is 5.13 Å². The topological polar surface area (TPSA) is 79.3 Å². The number of hydrogen-bond acceptors (Lipinski definition) is 5. The second kappa shape index (κ2) is 9.34. The van der Waals surface area contributed by atoms with Crippen molar-refractivity contribution in [2.24, 2.45) is 0 Å². The molecule has 7 nitrogen and oxygen atoms in total. The summed E-state index contributed by atoms with van der Waals surface area (Å²) in [5.41, 5.74) is 3.76. The summed E-state index contributed by atoms with van der Waals surface area (Å²) in [6.45, 7) is 4.67. The van der Waals surface area contributed by atoms with Crippen LogP contribution in [0.25, 0.3) is 0 Å². The van der Waals surface area contributed by atoms with Gasteiger partial charge in [-0.3, -0.25) is 9.59 Å². The van der Waals surface area contributed by atoms with Gasteiger partial charge in [-0.05, 0) is 62.1 Å². The third-order valence-corrected chi connectivity index (χ3v) is 6.35. The van der Waals surface area contributed by atoms with Crippen molar-refractivity contribution in [1.29, 1.82) is 0 Å². The summed E-state index contributed by atoms with van der Waals surface area (Å²) in [5.74, 6) is -0.346. The highest BCUT2D eigenvalue weighted by molar-refractivity contribution is 7.13. The fraction of sp³-hybridized carbons (Fsp3) is 0.348. The van der Waals surface area contributed by atoms with Crippen LogP contribution in [0.1, 0.15) is 51.4 Å². The van der Waals surface area contributed by atoms with E-state index in [1.807, 2.05) is 23.8 Å². The number of hydrogen-bond donors (Lipinski definition) is 2. The summed E-state index contributed by atoms with van der Waals surface area (Å²) < 4.78 is 1.94. The number of anilines is 2. The second-order valence-electron chi connectivity index (χ2n) is 7.81. The van der Waals surface area contributed by atoms with E-state index in [9.17, 15) is 9.59 Å². The van der Waals surface area contributed by atoms with Crippen molar-refractivity contribution in [3.05, 3.63) is 64.4 Å². The van der Waals surface area contributed by atoms with E-state index in [2.05, 4.69) is 20.9 Å². The van der Waals surface area contributed by atoms with Gasteiger partial charge in [0.05, 0.1) is 12.2 Å². The Morgan fingerprint density at radius 1 is 1.10 bits per heavy atom. The normalized spacial score (nSPS) is 13.8. The molecule has 162 valence electrons. The number of carbonyl (C=O) groups excluding carboxylic acids is 2. The smallest absolute Gasteiger partial charge is 0.272 e. The minimum Gasteiger partial charge on any atom is -0.355 e. The summed E-state index contributed by atoms with van der Waals surface area (Å²) in [7, 11) is 1.59. The molecule has 1 aliphatic rings. The first-order valence-corrected chi connectivity index (χ1v) is 11.4. The van der Waals surface area contributed by atoms with Crippen molar-refractivity contribution in [1.82, 2.24) is 14.9 Å². The molecule has 3 heterocycles. The lowest BCUT2D eigenvalue weighted by Crippen LogP contribution is -2.29. The van der Waals surface area contributed by atoms with Crippen LogP contribution in [0, 0.1) is 6.92 Å². The van der Waals surface area contributed by atoms with E-state index in [0.717, 1.165) is 29.5 Å². The number of carbonyl (C=O) groups is 2. The van der Waals surface area contributed by atoms with E-state index in [4.69, 9.17) is 4.98 Å². The summed E-state index contributed by atoms with van der Waals surface area (Å²) >= 11 is 1.67. The summed E-state index contributed by atoms with van der Waals surface area (Å²) in [6, 6.07) is 8.72. The third kappa shape index (κ3) is 4.96. The molecule has 2 aromatic heterocycles. The van der Waals surface area contributed by atoms with Crippen LogP contribution in [0.3, 0.4) is 0 Å². The van der Waals surface area contributed by atoms with E-state index in [1.54, 1.807) is 42.6 Å². The standard InChI is InChI=1S/C23H27N5O2S/c1-16-12-20(22(30)25-18-8-6-17(7-9-18)21(29)24-2)28(13-16)14-19-15-31-23(26-19)27-10-4-3-5-11-27/h6-9,12-13,15H,3-5,10-11,14H2,1-2H3,(H,24,29)(H,25,30). The van der Waals surface area contributed by atoms with Crippen LogP contribution in [0.2, 0.25) is 0 Å². The molecule has 0 radical (unpaired) electrons. The molecule has 0 saturated carbocycles. The van der Waals surface area contributed by atoms with Gasteiger partial charge in [0.1, 0.15) is 5.69 Å². The van der Waals surface area contributed by atoms with Gasteiger partial charge in [-0.25, -0.2) is 4.98 Å². The number of piperidine rings is 1. The summed E-state index contributed by atoms with van der Waals surface area (Å²) in [5, 5.41) is 8.66. The second-order valence-corrected chi connectivity index (χ2v) is 8.65. The molecule has 0 atom stereocenters. The SMILES string of the molecule is CNC(=O)c1ccc(NC(=O)c2cc(C)cn2Cc2csc(N3CCCCC3)n2)cc1. The van der Waals surface area contributed by atoms with Crippen LogP contribution in [0.5, 0.6) is 0 Å². The van der Waals surface area contributed by atoms with Gasteiger partial charge >= 0.3 is 0 Å². The number of thiazole rings is 1. The molecule has 0 bridgehead atoms. The molecule has 31 heavy (non-hydrogen) atoms. The highest BCUT2D eigenvalue weighted by Crippen LogP contribution is 2.25. The number of nitrogens with zero attached hydrogens (tertiary/aromatic N) is 3. The van der Waals surface area contributed by atoms with Crippen molar-refractivity contribution in [2.45, 2.75) is 32.7 Å². The molecule has 1 fully saturated rings. The fourth-order valence-corrected chi connectivity index (χ4v) is 4.67. The zero-order valence-electron chi connectivity index (χ0n) is 17.9. The minimum absolute atomic E-state index is 0.158. The first-order valence-electron chi connectivity index (χ1n) is 10.5. The highest BCUT2D eigenvalue weighted by atomic mass is 32.1. The Hall–Kier alpha value is -3.13. The Morgan fingerprint density at radius 3 is 2.55 bits per heavy atom. The van der Waals surface area contributed by atoms with Crippen molar-refractivity contribution >= 4 is 34.0 Å². The Morgan fingerprint density at radius 2 is 1.84 bits per heavy atom. The van der Waals surface area contributed by atoms with E-state index < -0.39 is 0 Å². The lowest BCUT2D eigenvalue weighted by Gasteiger charge is -2.25. The predicted octanol–water partition coefficient (Wildman–Crippen LogP) is 3.90.